The van der Waals surface area contributed by atoms with Crippen molar-refractivity contribution in [3.63, 3.8) is 0 Å². The van der Waals surface area contributed by atoms with Gasteiger partial charge in [-0.1, -0.05) is 12.1 Å². The Morgan fingerprint density at radius 1 is 1.35 bits per heavy atom. The molecule has 2 aromatic rings. The molecular weight excluding hydrogens is 254 g/mol. The van der Waals surface area contributed by atoms with Gasteiger partial charge in [0, 0.05) is 26.0 Å². The van der Waals surface area contributed by atoms with Crippen molar-refractivity contribution < 1.29 is 9.53 Å². The lowest BCUT2D eigenvalue weighted by atomic mass is 10.1. The second kappa shape index (κ2) is 6.06. The summed E-state index contributed by atoms with van der Waals surface area (Å²) in [5.41, 5.74) is 7.69. The quantitative estimate of drug-likeness (QED) is 0.863. The van der Waals surface area contributed by atoms with Crippen LogP contribution in [0.3, 0.4) is 0 Å². The van der Waals surface area contributed by atoms with Gasteiger partial charge in [0.25, 0.3) is 5.91 Å². The summed E-state index contributed by atoms with van der Waals surface area (Å²) >= 11 is 0. The maximum atomic E-state index is 12.5. The van der Waals surface area contributed by atoms with Gasteiger partial charge >= 0.3 is 0 Å². The largest absolute Gasteiger partial charge is 0.494 e. The minimum atomic E-state index is -0.141. The zero-order chi connectivity index (χ0) is 14.5. The molecule has 1 aromatic heterocycles. The molecule has 0 saturated heterocycles. The fraction of sp³-hybridized carbons (Fsp3) is 0.200. The third kappa shape index (κ3) is 2.88. The third-order valence-electron chi connectivity index (χ3n) is 2.97. The van der Waals surface area contributed by atoms with E-state index in [1.165, 1.54) is 7.11 Å². The van der Waals surface area contributed by atoms with Crippen LogP contribution in [0.1, 0.15) is 15.9 Å². The maximum absolute atomic E-state index is 12.5. The fourth-order valence-electron chi connectivity index (χ4n) is 1.99. The molecule has 1 aromatic carbocycles. The van der Waals surface area contributed by atoms with E-state index in [0.29, 0.717) is 23.5 Å². The number of para-hydroxylation sites is 1. The number of hydrogen-bond acceptors (Lipinski definition) is 4. The second-order valence-corrected chi connectivity index (χ2v) is 4.45. The van der Waals surface area contributed by atoms with Crippen molar-refractivity contribution in [2.24, 2.45) is 0 Å². The number of nitrogens with zero attached hydrogens (tertiary/aromatic N) is 2. The third-order valence-corrected chi connectivity index (χ3v) is 2.97. The molecule has 0 unspecified atom stereocenters. The van der Waals surface area contributed by atoms with Gasteiger partial charge < -0.3 is 15.4 Å². The molecule has 0 radical (unpaired) electrons. The van der Waals surface area contributed by atoms with Crippen LogP contribution in [0.4, 0.5) is 5.69 Å². The number of hydrogen-bond donors (Lipinski definition) is 1. The standard InChI is InChI=1S/C15H17N3O2/c1-18(10-11-5-4-8-17-9-11)15(19)12-6-3-7-13(16)14(12)20-2/h3-9H,10,16H2,1-2H3. The van der Waals surface area contributed by atoms with Crippen LogP contribution >= 0.6 is 0 Å². The van der Waals surface area contributed by atoms with Gasteiger partial charge in [-0.2, -0.15) is 0 Å². The summed E-state index contributed by atoms with van der Waals surface area (Å²) in [5, 5.41) is 0. The highest BCUT2D eigenvalue weighted by atomic mass is 16.5. The molecule has 2 N–H and O–H groups in total. The molecule has 5 heteroatoms. The number of rotatable bonds is 4. The van der Waals surface area contributed by atoms with Crippen molar-refractivity contribution in [3.8, 4) is 5.75 Å². The van der Waals surface area contributed by atoms with E-state index in [1.807, 2.05) is 12.1 Å². The lowest BCUT2D eigenvalue weighted by molar-refractivity contribution is 0.0781. The molecule has 0 spiro atoms. The normalized spacial score (nSPS) is 10.1. The molecule has 0 fully saturated rings. The molecule has 0 aliphatic carbocycles. The van der Waals surface area contributed by atoms with Crippen LogP contribution < -0.4 is 10.5 Å². The first-order valence-electron chi connectivity index (χ1n) is 6.20. The van der Waals surface area contributed by atoms with Gasteiger partial charge in [-0.3, -0.25) is 9.78 Å². The van der Waals surface area contributed by atoms with E-state index in [2.05, 4.69) is 4.98 Å². The van der Waals surface area contributed by atoms with Crippen LogP contribution in [-0.4, -0.2) is 29.9 Å². The van der Waals surface area contributed by atoms with E-state index >= 15 is 0 Å². The first-order chi connectivity index (χ1) is 9.63. The van der Waals surface area contributed by atoms with Gasteiger partial charge in [0.15, 0.2) is 5.75 Å². The Balaban J connectivity index is 2.21. The second-order valence-electron chi connectivity index (χ2n) is 4.45. The average Bonchev–Trinajstić information content (AvgIpc) is 2.47. The SMILES string of the molecule is COc1c(N)cccc1C(=O)N(C)Cc1cccnc1. The molecule has 2 rings (SSSR count). The Hall–Kier alpha value is -2.56. The number of carbonyl (C=O) groups is 1. The smallest absolute Gasteiger partial charge is 0.257 e. The summed E-state index contributed by atoms with van der Waals surface area (Å²) in [5.74, 6) is 0.272. The van der Waals surface area contributed by atoms with Crippen molar-refractivity contribution in [1.82, 2.24) is 9.88 Å². The molecule has 1 amide bonds. The minimum absolute atomic E-state index is 0.141. The number of ether oxygens (including phenoxy) is 1. The molecular formula is C15H17N3O2. The van der Waals surface area contributed by atoms with Crippen molar-refractivity contribution in [2.45, 2.75) is 6.54 Å². The highest BCUT2D eigenvalue weighted by Crippen LogP contribution is 2.27. The van der Waals surface area contributed by atoms with E-state index in [1.54, 1.807) is 42.5 Å². The number of carbonyl (C=O) groups excluding carboxylic acids is 1. The summed E-state index contributed by atoms with van der Waals surface area (Å²) in [6.45, 7) is 0.477. The predicted molar refractivity (Wildman–Crippen MR) is 77.4 cm³/mol. The molecule has 0 atom stereocenters. The Kier molecular flexibility index (Phi) is 4.20. The number of nitrogen functional groups attached to an aromatic ring is 1. The van der Waals surface area contributed by atoms with Gasteiger partial charge in [-0.25, -0.2) is 0 Å². The molecule has 5 nitrogen and oxygen atoms in total. The Morgan fingerprint density at radius 3 is 2.80 bits per heavy atom. The number of amides is 1. The highest BCUT2D eigenvalue weighted by molar-refractivity contribution is 5.98. The fourth-order valence-corrected chi connectivity index (χ4v) is 1.99. The van der Waals surface area contributed by atoms with Crippen LogP contribution in [-0.2, 0) is 6.54 Å². The van der Waals surface area contributed by atoms with E-state index in [0.717, 1.165) is 5.56 Å². The zero-order valence-electron chi connectivity index (χ0n) is 11.5. The van der Waals surface area contributed by atoms with Crippen LogP contribution in [0.2, 0.25) is 0 Å². The minimum Gasteiger partial charge on any atom is -0.494 e. The van der Waals surface area contributed by atoms with E-state index in [9.17, 15) is 4.79 Å². The van der Waals surface area contributed by atoms with Crippen LogP contribution in [0.5, 0.6) is 5.75 Å². The van der Waals surface area contributed by atoms with Crippen molar-refractivity contribution in [2.75, 3.05) is 19.9 Å². The first kappa shape index (κ1) is 13.9. The van der Waals surface area contributed by atoms with Crippen LogP contribution in [0.15, 0.2) is 42.7 Å². The molecule has 0 aliphatic heterocycles. The molecule has 20 heavy (non-hydrogen) atoms. The highest BCUT2D eigenvalue weighted by Gasteiger charge is 2.18. The summed E-state index contributed by atoms with van der Waals surface area (Å²) in [4.78, 5) is 18.1. The van der Waals surface area contributed by atoms with Crippen LogP contribution in [0, 0.1) is 0 Å². The first-order valence-corrected chi connectivity index (χ1v) is 6.20. The lowest BCUT2D eigenvalue weighted by Gasteiger charge is -2.19. The monoisotopic (exact) mass is 271 g/mol. The summed E-state index contributed by atoms with van der Waals surface area (Å²) in [7, 11) is 3.24. The van der Waals surface area contributed by atoms with E-state index in [4.69, 9.17) is 10.5 Å². The molecule has 0 saturated carbocycles. The molecule has 0 aliphatic rings. The maximum Gasteiger partial charge on any atom is 0.257 e. The number of aromatic nitrogens is 1. The summed E-state index contributed by atoms with van der Waals surface area (Å²) < 4.78 is 5.21. The molecule has 104 valence electrons. The Labute approximate surface area is 118 Å². The van der Waals surface area contributed by atoms with Gasteiger partial charge in [0.2, 0.25) is 0 Å². The number of methoxy groups -OCH3 is 1. The number of benzene rings is 1. The molecule has 0 bridgehead atoms. The van der Waals surface area contributed by atoms with Crippen LogP contribution in [0.25, 0.3) is 0 Å². The van der Waals surface area contributed by atoms with Gasteiger partial charge in [-0.05, 0) is 23.8 Å². The van der Waals surface area contributed by atoms with Crippen molar-refractivity contribution >= 4 is 11.6 Å². The van der Waals surface area contributed by atoms with E-state index in [-0.39, 0.29) is 5.91 Å². The van der Waals surface area contributed by atoms with Gasteiger partial charge in [0.1, 0.15) is 0 Å². The Morgan fingerprint density at radius 2 is 2.15 bits per heavy atom. The average molecular weight is 271 g/mol. The predicted octanol–water partition coefficient (Wildman–Crippen LogP) is 1.94. The number of pyridine rings is 1. The zero-order valence-corrected chi connectivity index (χ0v) is 11.5. The number of anilines is 1. The van der Waals surface area contributed by atoms with Crippen molar-refractivity contribution in [3.05, 3.63) is 53.9 Å². The lowest BCUT2D eigenvalue weighted by Crippen LogP contribution is -2.26. The van der Waals surface area contributed by atoms with E-state index < -0.39 is 0 Å². The Bertz CT molecular complexity index is 599. The van der Waals surface area contributed by atoms with Crippen molar-refractivity contribution in [1.29, 1.82) is 0 Å². The van der Waals surface area contributed by atoms with Gasteiger partial charge in [0.05, 0.1) is 18.4 Å². The number of nitrogens with two attached hydrogens (primary N) is 1. The molecule has 1 heterocycles. The topological polar surface area (TPSA) is 68.5 Å². The van der Waals surface area contributed by atoms with Gasteiger partial charge in [-0.15, -0.1) is 0 Å². The summed E-state index contributed by atoms with van der Waals surface area (Å²) in [6.07, 6.45) is 3.44. The summed E-state index contributed by atoms with van der Waals surface area (Å²) in [6, 6.07) is 8.92.